The minimum absolute atomic E-state index is 0.0522. The van der Waals surface area contributed by atoms with Crippen molar-refractivity contribution in [2.45, 2.75) is 0 Å². The fourth-order valence-electron chi connectivity index (χ4n) is 0.906. The van der Waals surface area contributed by atoms with Crippen molar-refractivity contribution < 1.29 is 9.66 Å². The van der Waals surface area contributed by atoms with E-state index in [1.165, 1.54) is 0 Å². The zero-order valence-electron chi connectivity index (χ0n) is 5.65. The molecule has 0 atom stereocenters. The molecule has 1 heterocycles. The Morgan fingerprint density at radius 1 is 1.50 bits per heavy atom. The molecule has 5 heteroatoms. The molecule has 0 aromatic rings. The smallest absolute Gasteiger partial charge is 0.259 e. The fourth-order valence-corrected chi connectivity index (χ4v) is 0.906. The molecule has 1 rings (SSSR count). The highest BCUT2D eigenvalue weighted by Gasteiger charge is 2.13. The number of hydrogen-bond acceptors (Lipinski definition) is 4. The minimum atomic E-state index is -0.314. The summed E-state index contributed by atoms with van der Waals surface area (Å²) in [5.74, 6) is 0. The Bertz CT molecular complexity index is 122. The third-order valence-electron chi connectivity index (χ3n) is 1.42. The largest absolute Gasteiger partial charge is 0.379 e. The van der Waals surface area contributed by atoms with Crippen molar-refractivity contribution in [3.05, 3.63) is 10.1 Å². The molecular formula is C5H10N2O3. The number of nitrogens with zero attached hydrogens (tertiary/aromatic N) is 2. The van der Waals surface area contributed by atoms with Gasteiger partial charge in [-0.3, -0.25) is 10.1 Å². The maximum atomic E-state index is 9.99. The molecule has 0 radical (unpaired) electrons. The van der Waals surface area contributed by atoms with Crippen LogP contribution in [0, 0.1) is 10.1 Å². The van der Waals surface area contributed by atoms with Gasteiger partial charge in [0.05, 0.1) is 13.2 Å². The average molecular weight is 146 g/mol. The van der Waals surface area contributed by atoms with E-state index in [2.05, 4.69) is 0 Å². The van der Waals surface area contributed by atoms with Crippen LogP contribution in [0.4, 0.5) is 0 Å². The molecule has 58 valence electrons. The van der Waals surface area contributed by atoms with Crippen LogP contribution in [-0.2, 0) is 4.74 Å². The standard InChI is InChI=1S/C5H10N2O3/c8-7(9)5-6-1-3-10-4-2-6/h1-5H2. The topological polar surface area (TPSA) is 55.6 Å². The van der Waals surface area contributed by atoms with Crippen molar-refractivity contribution in [3.8, 4) is 0 Å². The lowest BCUT2D eigenvalue weighted by Gasteiger charge is -2.22. The van der Waals surface area contributed by atoms with Gasteiger partial charge in [-0.2, -0.15) is 0 Å². The Labute approximate surface area is 58.7 Å². The van der Waals surface area contributed by atoms with Gasteiger partial charge in [0.25, 0.3) is 6.67 Å². The molecule has 10 heavy (non-hydrogen) atoms. The normalized spacial score (nSPS) is 20.8. The zero-order valence-corrected chi connectivity index (χ0v) is 5.65. The Kier molecular flexibility index (Phi) is 2.58. The number of rotatable bonds is 2. The Hall–Kier alpha value is -0.680. The summed E-state index contributed by atoms with van der Waals surface area (Å²) in [7, 11) is 0. The fraction of sp³-hybridized carbons (Fsp3) is 1.00. The Balaban J connectivity index is 2.19. The van der Waals surface area contributed by atoms with Crippen LogP contribution >= 0.6 is 0 Å². The zero-order chi connectivity index (χ0) is 7.40. The molecule has 0 unspecified atom stereocenters. The van der Waals surface area contributed by atoms with Crippen LogP contribution in [0.5, 0.6) is 0 Å². The van der Waals surface area contributed by atoms with Crippen LogP contribution in [0.3, 0.4) is 0 Å². The molecule has 0 bridgehead atoms. The predicted molar refractivity (Wildman–Crippen MR) is 34.3 cm³/mol. The molecule has 5 nitrogen and oxygen atoms in total. The van der Waals surface area contributed by atoms with Crippen LogP contribution in [0.15, 0.2) is 0 Å². The first-order valence-electron chi connectivity index (χ1n) is 3.21. The molecule has 0 aliphatic carbocycles. The quantitative estimate of drug-likeness (QED) is 0.391. The lowest BCUT2D eigenvalue weighted by Crippen LogP contribution is -2.39. The predicted octanol–water partition coefficient (Wildman–Crippen LogP) is -0.447. The van der Waals surface area contributed by atoms with Gasteiger partial charge in [0, 0.05) is 18.0 Å². The van der Waals surface area contributed by atoms with E-state index in [9.17, 15) is 10.1 Å². The van der Waals surface area contributed by atoms with Crippen molar-refractivity contribution in [2.75, 3.05) is 33.0 Å². The van der Waals surface area contributed by atoms with Crippen LogP contribution < -0.4 is 0 Å². The van der Waals surface area contributed by atoms with Gasteiger partial charge in [0.2, 0.25) is 0 Å². The van der Waals surface area contributed by atoms with Crippen LogP contribution in [-0.4, -0.2) is 42.8 Å². The molecule has 1 fully saturated rings. The van der Waals surface area contributed by atoms with E-state index in [-0.39, 0.29) is 11.6 Å². The maximum absolute atomic E-state index is 9.99. The van der Waals surface area contributed by atoms with Gasteiger partial charge in [-0.25, -0.2) is 4.90 Å². The Morgan fingerprint density at radius 3 is 2.60 bits per heavy atom. The number of nitro groups is 1. The van der Waals surface area contributed by atoms with E-state index >= 15 is 0 Å². The van der Waals surface area contributed by atoms with Crippen molar-refractivity contribution >= 4 is 0 Å². The Morgan fingerprint density at radius 2 is 2.10 bits per heavy atom. The highest BCUT2D eigenvalue weighted by Crippen LogP contribution is 1.94. The number of ether oxygens (including phenoxy) is 1. The summed E-state index contributed by atoms with van der Waals surface area (Å²) in [5.41, 5.74) is 0. The van der Waals surface area contributed by atoms with Crippen molar-refractivity contribution in [3.63, 3.8) is 0 Å². The van der Waals surface area contributed by atoms with Gasteiger partial charge < -0.3 is 4.74 Å². The van der Waals surface area contributed by atoms with E-state index in [1.54, 1.807) is 4.90 Å². The van der Waals surface area contributed by atoms with Gasteiger partial charge in [-0.15, -0.1) is 0 Å². The maximum Gasteiger partial charge on any atom is 0.259 e. The van der Waals surface area contributed by atoms with E-state index in [4.69, 9.17) is 4.74 Å². The first kappa shape index (κ1) is 7.43. The highest BCUT2D eigenvalue weighted by molar-refractivity contribution is 4.56. The second-order valence-electron chi connectivity index (χ2n) is 2.20. The molecule has 1 aliphatic heterocycles. The van der Waals surface area contributed by atoms with Gasteiger partial charge >= 0.3 is 0 Å². The molecule has 0 saturated carbocycles. The first-order chi connectivity index (χ1) is 4.79. The molecule has 0 N–H and O–H groups in total. The molecule has 0 aromatic carbocycles. The van der Waals surface area contributed by atoms with Gasteiger partial charge in [-0.05, 0) is 0 Å². The molecule has 0 aromatic heterocycles. The summed E-state index contributed by atoms with van der Waals surface area (Å²) >= 11 is 0. The molecule has 1 saturated heterocycles. The highest BCUT2D eigenvalue weighted by atomic mass is 16.6. The summed E-state index contributed by atoms with van der Waals surface area (Å²) < 4.78 is 5.02. The van der Waals surface area contributed by atoms with Crippen molar-refractivity contribution in [1.29, 1.82) is 0 Å². The number of hydrogen-bond donors (Lipinski definition) is 0. The lowest BCUT2D eigenvalue weighted by atomic mass is 10.5. The first-order valence-corrected chi connectivity index (χ1v) is 3.21. The third-order valence-corrected chi connectivity index (χ3v) is 1.42. The summed E-state index contributed by atoms with van der Waals surface area (Å²) in [6.45, 7) is 2.55. The minimum Gasteiger partial charge on any atom is -0.379 e. The second-order valence-corrected chi connectivity index (χ2v) is 2.20. The molecule has 1 aliphatic rings. The average Bonchev–Trinajstić information content (AvgIpc) is 1.88. The second kappa shape index (κ2) is 3.48. The third kappa shape index (κ3) is 2.28. The number of morpholine rings is 1. The van der Waals surface area contributed by atoms with Crippen LogP contribution in [0.25, 0.3) is 0 Å². The summed E-state index contributed by atoms with van der Waals surface area (Å²) in [6.07, 6.45) is 0. The summed E-state index contributed by atoms with van der Waals surface area (Å²) in [6, 6.07) is 0. The monoisotopic (exact) mass is 146 g/mol. The van der Waals surface area contributed by atoms with E-state index in [0.717, 1.165) is 0 Å². The van der Waals surface area contributed by atoms with Gasteiger partial charge in [0.1, 0.15) is 0 Å². The lowest BCUT2D eigenvalue weighted by molar-refractivity contribution is -0.505. The van der Waals surface area contributed by atoms with Gasteiger partial charge in [-0.1, -0.05) is 0 Å². The van der Waals surface area contributed by atoms with Gasteiger partial charge in [0.15, 0.2) is 0 Å². The van der Waals surface area contributed by atoms with Crippen LogP contribution in [0.1, 0.15) is 0 Å². The van der Waals surface area contributed by atoms with E-state index in [1.807, 2.05) is 0 Å². The van der Waals surface area contributed by atoms with Crippen molar-refractivity contribution in [1.82, 2.24) is 4.90 Å². The van der Waals surface area contributed by atoms with E-state index < -0.39 is 0 Å². The summed E-state index contributed by atoms with van der Waals surface area (Å²) in [4.78, 5) is 11.4. The van der Waals surface area contributed by atoms with Crippen molar-refractivity contribution in [2.24, 2.45) is 0 Å². The van der Waals surface area contributed by atoms with E-state index in [0.29, 0.717) is 26.3 Å². The molecular weight excluding hydrogens is 136 g/mol. The van der Waals surface area contributed by atoms with Crippen LogP contribution in [0.2, 0.25) is 0 Å². The molecule has 0 spiro atoms. The SMILES string of the molecule is O=[N+]([O-])CN1CCOCC1. The molecule has 0 amide bonds. The summed E-state index contributed by atoms with van der Waals surface area (Å²) in [5, 5.41) is 9.99.